The minimum Gasteiger partial charge on any atom is -0.325 e. The van der Waals surface area contributed by atoms with Crippen molar-refractivity contribution >= 4 is 34.1 Å². The number of anilines is 1. The van der Waals surface area contributed by atoms with Crippen LogP contribution in [0, 0.1) is 5.82 Å². The molecule has 156 valence electrons. The largest absolute Gasteiger partial charge is 0.325 e. The molecule has 1 amide bonds. The fourth-order valence-electron chi connectivity index (χ4n) is 3.63. The van der Waals surface area contributed by atoms with Gasteiger partial charge in [0.05, 0.1) is 10.8 Å². The molecule has 1 aromatic heterocycles. The van der Waals surface area contributed by atoms with Crippen molar-refractivity contribution in [3.63, 3.8) is 0 Å². The van der Waals surface area contributed by atoms with Gasteiger partial charge in [-0.15, -0.1) is 10.2 Å². The summed E-state index contributed by atoms with van der Waals surface area (Å²) in [6.45, 7) is 1.85. The quantitative estimate of drug-likeness (QED) is 0.398. The van der Waals surface area contributed by atoms with Crippen LogP contribution in [0.15, 0.2) is 71.9 Å². The molecule has 1 aliphatic rings. The van der Waals surface area contributed by atoms with Gasteiger partial charge in [-0.05, 0) is 43.4 Å². The van der Waals surface area contributed by atoms with Gasteiger partial charge in [-0.3, -0.25) is 9.36 Å². The van der Waals surface area contributed by atoms with E-state index in [9.17, 15) is 9.18 Å². The van der Waals surface area contributed by atoms with Crippen LogP contribution in [0.5, 0.6) is 0 Å². The summed E-state index contributed by atoms with van der Waals surface area (Å²) in [5.74, 6) is 0.0824. The Kier molecular flexibility index (Phi) is 5.19. The number of carbonyl (C=O) groups is 1. The Morgan fingerprint density at radius 1 is 1.06 bits per heavy atom. The van der Waals surface area contributed by atoms with Gasteiger partial charge in [0.2, 0.25) is 5.91 Å². The molecule has 5 rings (SSSR count). The number of hydrogen-bond donors (Lipinski definition) is 1. The summed E-state index contributed by atoms with van der Waals surface area (Å²) in [4.78, 5) is 12.9. The van der Waals surface area contributed by atoms with Gasteiger partial charge >= 0.3 is 0 Å². The van der Waals surface area contributed by atoms with E-state index in [1.165, 1.54) is 17.8 Å². The first-order valence-electron chi connectivity index (χ1n) is 10.3. The van der Waals surface area contributed by atoms with E-state index >= 15 is 0 Å². The molecule has 5 nitrogen and oxygen atoms in total. The van der Waals surface area contributed by atoms with Gasteiger partial charge in [0, 0.05) is 17.1 Å². The van der Waals surface area contributed by atoms with Crippen LogP contribution < -0.4 is 5.32 Å². The molecule has 1 aliphatic carbocycles. The molecule has 0 bridgehead atoms. The lowest BCUT2D eigenvalue weighted by Crippen LogP contribution is -2.23. The van der Waals surface area contributed by atoms with Crippen LogP contribution in [-0.2, 0) is 4.79 Å². The Hall–Kier alpha value is -3.19. The second kappa shape index (κ2) is 8.15. The summed E-state index contributed by atoms with van der Waals surface area (Å²) >= 11 is 1.35. The number of fused-ring (bicyclic) bond motifs is 1. The molecule has 1 fully saturated rings. The van der Waals surface area contributed by atoms with E-state index in [2.05, 4.69) is 15.5 Å². The monoisotopic (exact) mass is 432 g/mol. The molecule has 1 saturated carbocycles. The normalized spacial score (nSPS) is 14.5. The van der Waals surface area contributed by atoms with Gasteiger partial charge in [-0.2, -0.15) is 0 Å². The third-order valence-electron chi connectivity index (χ3n) is 5.39. The summed E-state index contributed by atoms with van der Waals surface area (Å²) in [5, 5.41) is 13.9. The number of benzene rings is 3. The first kappa shape index (κ1) is 19.8. The van der Waals surface area contributed by atoms with Gasteiger partial charge in [-0.25, -0.2) is 4.39 Å². The van der Waals surface area contributed by atoms with Crippen LogP contribution >= 0.6 is 11.8 Å². The van der Waals surface area contributed by atoms with Crippen molar-refractivity contribution in [1.82, 2.24) is 14.8 Å². The van der Waals surface area contributed by atoms with Crippen molar-refractivity contribution in [2.45, 2.75) is 36.2 Å². The lowest BCUT2D eigenvalue weighted by molar-refractivity contribution is -0.115. The smallest absolute Gasteiger partial charge is 0.237 e. The summed E-state index contributed by atoms with van der Waals surface area (Å²) in [5.41, 5.74) is 1.22. The van der Waals surface area contributed by atoms with E-state index in [0.717, 1.165) is 29.3 Å². The van der Waals surface area contributed by atoms with Crippen molar-refractivity contribution < 1.29 is 9.18 Å². The lowest BCUT2D eigenvalue weighted by Gasteiger charge is -2.14. The second-order valence-corrected chi connectivity index (χ2v) is 8.97. The van der Waals surface area contributed by atoms with E-state index < -0.39 is 5.25 Å². The Balaban J connectivity index is 1.39. The molecule has 0 spiro atoms. The Labute approximate surface area is 183 Å². The average Bonchev–Trinajstić information content (AvgIpc) is 3.54. The summed E-state index contributed by atoms with van der Waals surface area (Å²) in [6, 6.07) is 20.6. The number of halogens is 1. The maximum Gasteiger partial charge on any atom is 0.237 e. The number of hydrogen-bond acceptors (Lipinski definition) is 4. The van der Waals surface area contributed by atoms with Gasteiger partial charge in [0.25, 0.3) is 0 Å². The van der Waals surface area contributed by atoms with Gasteiger partial charge in [0.15, 0.2) is 11.0 Å². The number of carbonyl (C=O) groups excluding carboxylic acids is 1. The molecule has 1 unspecified atom stereocenters. The third kappa shape index (κ3) is 3.93. The van der Waals surface area contributed by atoms with E-state index in [1.807, 2.05) is 54.0 Å². The minimum absolute atomic E-state index is 0.112. The topological polar surface area (TPSA) is 59.8 Å². The van der Waals surface area contributed by atoms with Crippen LogP contribution in [0.2, 0.25) is 0 Å². The third-order valence-corrected chi connectivity index (χ3v) is 6.45. The Bertz CT molecular complexity index is 1260. The number of nitrogens with one attached hydrogen (secondary N) is 1. The minimum atomic E-state index is -0.394. The van der Waals surface area contributed by atoms with Crippen molar-refractivity contribution in [3.05, 3.63) is 72.5 Å². The molecule has 0 saturated heterocycles. The second-order valence-electron chi connectivity index (χ2n) is 7.66. The molecule has 4 aromatic rings. The van der Waals surface area contributed by atoms with Gasteiger partial charge in [0.1, 0.15) is 5.82 Å². The summed E-state index contributed by atoms with van der Waals surface area (Å²) < 4.78 is 16.3. The standard InChI is InChI=1S/C24H21FN4OS/c1-15(23(30)26-21-12-6-8-16-7-2-3-9-18(16)21)31-24-28-27-22(29(24)17-13-14-17)19-10-4-5-11-20(19)25/h2-12,15,17H,13-14H2,1H3,(H,26,30). The zero-order chi connectivity index (χ0) is 21.4. The molecule has 0 radical (unpaired) electrons. The van der Waals surface area contributed by atoms with Crippen molar-refractivity contribution in [2.75, 3.05) is 5.32 Å². The first-order chi connectivity index (χ1) is 15.1. The van der Waals surface area contributed by atoms with Crippen LogP contribution in [0.25, 0.3) is 22.2 Å². The molecule has 1 atom stereocenters. The molecule has 3 aromatic carbocycles. The highest BCUT2D eigenvalue weighted by Gasteiger charge is 2.32. The van der Waals surface area contributed by atoms with Crippen molar-refractivity contribution in [3.8, 4) is 11.4 Å². The predicted octanol–water partition coefficient (Wildman–Crippen LogP) is 5.69. The van der Waals surface area contributed by atoms with Gasteiger partial charge < -0.3 is 5.32 Å². The number of amides is 1. The lowest BCUT2D eigenvalue weighted by atomic mass is 10.1. The van der Waals surface area contributed by atoms with E-state index in [0.29, 0.717) is 16.5 Å². The van der Waals surface area contributed by atoms with Crippen LogP contribution in [0.4, 0.5) is 10.1 Å². The predicted molar refractivity (Wildman–Crippen MR) is 122 cm³/mol. The zero-order valence-corrected chi connectivity index (χ0v) is 17.8. The number of thioether (sulfide) groups is 1. The number of aromatic nitrogens is 3. The van der Waals surface area contributed by atoms with E-state index in [1.54, 1.807) is 18.2 Å². The SMILES string of the molecule is CC(Sc1nnc(-c2ccccc2F)n1C1CC1)C(=O)Nc1cccc2ccccc12. The van der Waals surface area contributed by atoms with Crippen molar-refractivity contribution in [2.24, 2.45) is 0 Å². The molecular weight excluding hydrogens is 411 g/mol. The molecule has 1 heterocycles. The first-order valence-corrected chi connectivity index (χ1v) is 11.1. The van der Waals surface area contributed by atoms with Crippen LogP contribution in [-0.4, -0.2) is 25.9 Å². The van der Waals surface area contributed by atoms with E-state index in [-0.39, 0.29) is 17.8 Å². The molecule has 7 heteroatoms. The fraction of sp³-hybridized carbons (Fsp3) is 0.208. The Morgan fingerprint density at radius 2 is 1.81 bits per heavy atom. The fourth-order valence-corrected chi connectivity index (χ4v) is 4.55. The maximum atomic E-state index is 14.4. The number of nitrogens with zero attached hydrogens (tertiary/aromatic N) is 3. The molecule has 31 heavy (non-hydrogen) atoms. The maximum absolute atomic E-state index is 14.4. The molecular formula is C24H21FN4OS. The highest BCUT2D eigenvalue weighted by molar-refractivity contribution is 8.00. The van der Waals surface area contributed by atoms with Crippen LogP contribution in [0.1, 0.15) is 25.8 Å². The van der Waals surface area contributed by atoms with E-state index in [4.69, 9.17) is 0 Å². The number of rotatable bonds is 6. The highest BCUT2D eigenvalue weighted by Crippen LogP contribution is 2.42. The average molecular weight is 433 g/mol. The Morgan fingerprint density at radius 3 is 2.61 bits per heavy atom. The highest BCUT2D eigenvalue weighted by atomic mass is 32.2. The summed E-state index contributed by atoms with van der Waals surface area (Å²) in [7, 11) is 0. The summed E-state index contributed by atoms with van der Waals surface area (Å²) in [6.07, 6.45) is 2.01. The van der Waals surface area contributed by atoms with Crippen LogP contribution in [0.3, 0.4) is 0 Å². The van der Waals surface area contributed by atoms with Crippen molar-refractivity contribution in [1.29, 1.82) is 0 Å². The van der Waals surface area contributed by atoms with Gasteiger partial charge in [-0.1, -0.05) is 60.3 Å². The zero-order valence-electron chi connectivity index (χ0n) is 17.0. The molecule has 0 aliphatic heterocycles. The molecule has 1 N–H and O–H groups in total.